The number of carbonyl (C=O) groups excluding carboxylic acids is 1. The molecule has 0 fully saturated rings. The number of ether oxygens (including phenoxy) is 2. The monoisotopic (exact) mass is 216 g/mol. The van der Waals surface area contributed by atoms with Crippen molar-refractivity contribution in [2.24, 2.45) is 0 Å². The summed E-state index contributed by atoms with van der Waals surface area (Å²) in [6, 6.07) is 11.4. The number of benzene rings is 2. The van der Waals surface area contributed by atoms with Gasteiger partial charge in [-0.3, -0.25) is 4.79 Å². The van der Waals surface area contributed by atoms with E-state index >= 15 is 0 Å². The van der Waals surface area contributed by atoms with Crippen LogP contribution in [0.15, 0.2) is 36.4 Å². The highest BCUT2D eigenvalue weighted by molar-refractivity contribution is 5.96. The average Bonchev–Trinajstić information content (AvgIpc) is 2.35. The van der Waals surface area contributed by atoms with Crippen molar-refractivity contribution in [2.45, 2.75) is 0 Å². The lowest BCUT2D eigenvalue weighted by molar-refractivity contribution is 0.0516. The van der Waals surface area contributed by atoms with Crippen molar-refractivity contribution in [1.82, 2.24) is 0 Å². The van der Waals surface area contributed by atoms with Crippen molar-refractivity contribution in [3.63, 3.8) is 0 Å². The summed E-state index contributed by atoms with van der Waals surface area (Å²) in [6.07, 6.45) is 0.789. The Balaban J connectivity index is 2.58. The van der Waals surface area contributed by atoms with Gasteiger partial charge in [0.1, 0.15) is 5.75 Å². The summed E-state index contributed by atoms with van der Waals surface area (Å²) in [5, 5.41) is 1.96. The molecule has 0 aliphatic rings. The first-order chi connectivity index (χ1) is 7.86. The number of rotatable bonds is 4. The second-order valence-electron chi connectivity index (χ2n) is 3.37. The molecule has 2 aromatic carbocycles. The predicted molar refractivity (Wildman–Crippen MR) is 61.8 cm³/mol. The van der Waals surface area contributed by atoms with E-state index in [9.17, 15) is 4.79 Å². The SMILES string of the molecule is COCOc1c(C=O)ccc2ccccc12. The molecule has 0 bridgehead atoms. The summed E-state index contributed by atoms with van der Waals surface area (Å²) in [7, 11) is 1.55. The molecule has 2 aromatic rings. The average molecular weight is 216 g/mol. The van der Waals surface area contributed by atoms with Crippen molar-refractivity contribution in [2.75, 3.05) is 13.9 Å². The Morgan fingerprint density at radius 1 is 1.19 bits per heavy atom. The third-order valence-corrected chi connectivity index (χ3v) is 2.36. The molecular formula is C13H12O3. The quantitative estimate of drug-likeness (QED) is 0.582. The molecule has 2 rings (SSSR count). The van der Waals surface area contributed by atoms with Gasteiger partial charge < -0.3 is 9.47 Å². The molecule has 0 saturated heterocycles. The Morgan fingerprint density at radius 3 is 2.75 bits per heavy atom. The van der Waals surface area contributed by atoms with E-state index in [2.05, 4.69) is 0 Å². The maximum atomic E-state index is 10.9. The van der Waals surface area contributed by atoms with Crippen molar-refractivity contribution in [1.29, 1.82) is 0 Å². The summed E-state index contributed by atoms with van der Waals surface area (Å²) < 4.78 is 10.3. The van der Waals surface area contributed by atoms with Crippen LogP contribution in [0.25, 0.3) is 10.8 Å². The fourth-order valence-electron chi connectivity index (χ4n) is 1.63. The fraction of sp³-hybridized carbons (Fsp3) is 0.154. The third-order valence-electron chi connectivity index (χ3n) is 2.36. The minimum atomic E-state index is 0.134. The standard InChI is InChI=1S/C13H12O3/c1-15-9-16-13-11(8-14)7-6-10-4-2-3-5-12(10)13/h2-8H,9H2,1H3. The molecule has 0 spiro atoms. The molecule has 0 atom stereocenters. The molecule has 3 heteroatoms. The molecule has 0 N–H and O–H groups in total. The zero-order valence-electron chi connectivity index (χ0n) is 8.97. The molecule has 0 heterocycles. The van der Waals surface area contributed by atoms with Gasteiger partial charge in [-0.2, -0.15) is 0 Å². The highest BCUT2D eigenvalue weighted by atomic mass is 16.7. The van der Waals surface area contributed by atoms with Crippen LogP contribution >= 0.6 is 0 Å². The lowest BCUT2D eigenvalue weighted by atomic mass is 10.1. The summed E-state index contributed by atoms with van der Waals surface area (Å²) in [4.78, 5) is 10.9. The van der Waals surface area contributed by atoms with Gasteiger partial charge in [-0.25, -0.2) is 0 Å². The van der Waals surface area contributed by atoms with E-state index in [1.54, 1.807) is 13.2 Å². The molecule has 0 radical (unpaired) electrons. The molecule has 0 aromatic heterocycles. The molecule has 0 aliphatic carbocycles. The van der Waals surface area contributed by atoms with E-state index in [4.69, 9.17) is 9.47 Å². The third kappa shape index (κ3) is 1.90. The Kier molecular flexibility index (Phi) is 3.17. The van der Waals surface area contributed by atoms with E-state index < -0.39 is 0 Å². The molecule has 16 heavy (non-hydrogen) atoms. The Morgan fingerprint density at radius 2 is 2.00 bits per heavy atom. The van der Waals surface area contributed by atoms with Crippen molar-refractivity contribution in [3.05, 3.63) is 42.0 Å². The van der Waals surface area contributed by atoms with Crippen LogP contribution in [0.3, 0.4) is 0 Å². The van der Waals surface area contributed by atoms with Gasteiger partial charge in [0, 0.05) is 12.5 Å². The largest absolute Gasteiger partial charge is 0.466 e. The van der Waals surface area contributed by atoms with Gasteiger partial charge in [0.15, 0.2) is 13.1 Å². The van der Waals surface area contributed by atoms with E-state index in [0.29, 0.717) is 11.3 Å². The Hall–Kier alpha value is -1.87. The van der Waals surface area contributed by atoms with Crippen LogP contribution in [0.4, 0.5) is 0 Å². The minimum Gasteiger partial charge on any atom is -0.466 e. The summed E-state index contributed by atoms with van der Waals surface area (Å²) in [5.41, 5.74) is 0.538. The highest BCUT2D eigenvalue weighted by Crippen LogP contribution is 2.28. The Labute approximate surface area is 93.6 Å². The number of carbonyl (C=O) groups is 1. The number of methoxy groups -OCH3 is 1. The normalized spacial score (nSPS) is 10.3. The summed E-state index contributed by atoms with van der Waals surface area (Å²) in [6.45, 7) is 0.134. The van der Waals surface area contributed by atoms with Crippen LogP contribution in [0.2, 0.25) is 0 Å². The second-order valence-corrected chi connectivity index (χ2v) is 3.37. The van der Waals surface area contributed by atoms with Gasteiger partial charge in [-0.15, -0.1) is 0 Å². The lowest BCUT2D eigenvalue weighted by Gasteiger charge is -2.10. The van der Waals surface area contributed by atoms with Crippen LogP contribution < -0.4 is 4.74 Å². The number of aldehydes is 1. The first kappa shape index (κ1) is 10.6. The Bertz CT molecular complexity index is 506. The second kappa shape index (κ2) is 4.77. The molecule has 0 aliphatic heterocycles. The zero-order chi connectivity index (χ0) is 11.4. The van der Waals surface area contributed by atoms with Gasteiger partial charge in [-0.1, -0.05) is 30.3 Å². The molecule has 3 nitrogen and oxygen atoms in total. The number of fused-ring (bicyclic) bond motifs is 1. The van der Waals surface area contributed by atoms with Gasteiger partial charge in [-0.05, 0) is 11.5 Å². The maximum absolute atomic E-state index is 10.9. The molecule has 0 saturated carbocycles. The van der Waals surface area contributed by atoms with Crippen LogP contribution in [-0.4, -0.2) is 20.2 Å². The number of hydrogen-bond acceptors (Lipinski definition) is 3. The minimum absolute atomic E-state index is 0.134. The van der Waals surface area contributed by atoms with Crippen LogP contribution in [0.1, 0.15) is 10.4 Å². The van der Waals surface area contributed by atoms with Crippen molar-refractivity contribution >= 4 is 17.1 Å². The molecule has 82 valence electrons. The maximum Gasteiger partial charge on any atom is 0.188 e. The van der Waals surface area contributed by atoms with Crippen LogP contribution in [-0.2, 0) is 4.74 Å². The van der Waals surface area contributed by atoms with E-state index in [-0.39, 0.29) is 6.79 Å². The number of hydrogen-bond donors (Lipinski definition) is 0. The van der Waals surface area contributed by atoms with Crippen molar-refractivity contribution in [3.8, 4) is 5.75 Å². The molecular weight excluding hydrogens is 204 g/mol. The first-order valence-corrected chi connectivity index (χ1v) is 4.95. The van der Waals surface area contributed by atoms with Gasteiger partial charge in [0.25, 0.3) is 0 Å². The fourth-order valence-corrected chi connectivity index (χ4v) is 1.63. The van der Waals surface area contributed by atoms with E-state index in [0.717, 1.165) is 17.1 Å². The van der Waals surface area contributed by atoms with Crippen molar-refractivity contribution < 1.29 is 14.3 Å². The lowest BCUT2D eigenvalue weighted by Crippen LogP contribution is -2.02. The highest BCUT2D eigenvalue weighted by Gasteiger charge is 2.07. The topological polar surface area (TPSA) is 35.5 Å². The summed E-state index contributed by atoms with van der Waals surface area (Å²) >= 11 is 0. The van der Waals surface area contributed by atoms with Crippen LogP contribution in [0, 0.1) is 0 Å². The molecule has 0 unspecified atom stereocenters. The first-order valence-electron chi connectivity index (χ1n) is 4.95. The predicted octanol–water partition coefficient (Wildman–Crippen LogP) is 2.64. The van der Waals surface area contributed by atoms with E-state index in [1.165, 1.54) is 0 Å². The van der Waals surface area contributed by atoms with Gasteiger partial charge in [0.05, 0.1) is 5.56 Å². The smallest absolute Gasteiger partial charge is 0.188 e. The summed E-state index contributed by atoms with van der Waals surface area (Å²) in [5.74, 6) is 0.579. The van der Waals surface area contributed by atoms with Crippen LogP contribution in [0.5, 0.6) is 5.75 Å². The molecule has 0 amide bonds. The van der Waals surface area contributed by atoms with Gasteiger partial charge in [0.2, 0.25) is 0 Å². The van der Waals surface area contributed by atoms with E-state index in [1.807, 2.05) is 30.3 Å². The zero-order valence-corrected chi connectivity index (χ0v) is 8.97. The van der Waals surface area contributed by atoms with Gasteiger partial charge >= 0.3 is 0 Å².